The number of anilines is 1. The standard InChI is InChI=1S/C13H19N3O4S/c1-8-10(4-3-5-12(8)21(14,18)19)16-13(17)11-6-9(20-2)7-15-11/h3-5,9,11,15H,6-7H2,1-2H3,(H,16,17)(H2,14,18,19). The first-order valence-electron chi connectivity index (χ1n) is 6.52. The molecular formula is C13H19N3O4S. The van der Waals surface area contributed by atoms with Gasteiger partial charge in [-0.1, -0.05) is 6.07 Å². The highest BCUT2D eigenvalue weighted by Gasteiger charge is 2.29. The first-order valence-corrected chi connectivity index (χ1v) is 8.07. The molecule has 0 spiro atoms. The number of ether oxygens (including phenoxy) is 1. The summed E-state index contributed by atoms with van der Waals surface area (Å²) in [5.74, 6) is -0.218. The maximum absolute atomic E-state index is 12.2. The Morgan fingerprint density at radius 1 is 1.48 bits per heavy atom. The molecule has 2 atom stereocenters. The van der Waals surface area contributed by atoms with Crippen LogP contribution < -0.4 is 15.8 Å². The van der Waals surface area contributed by atoms with E-state index in [2.05, 4.69) is 10.6 Å². The molecule has 2 unspecified atom stereocenters. The van der Waals surface area contributed by atoms with Crippen LogP contribution in [0.15, 0.2) is 23.1 Å². The number of carbonyl (C=O) groups excluding carboxylic acids is 1. The van der Waals surface area contributed by atoms with Crippen molar-refractivity contribution in [3.8, 4) is 0 Å². The molecule has 0 aliphatic carbocycles. The van der Waals surface area contributed by atoms with E-state index in [0.717, 1.165) is 0 Å². The van der Waals surface area contributed by atoms with Gasteiger partial charge in [-0.05, 0) is 31.0 Å². The summed E-state index contributed by atoms with van der Waals surface area (Å²) in [6.07, 6.45) is 0.591. The lowest BCUT2D eigenvalue weighted by molar-refractivity contribution is -0.118. The smallest absolute Gasteiger partial charge is 0.241 e. The van der Waals surface area contributed by atoms with Crippen molar-refractivity contribution >= 4 is 21.6 Å². The van der Waals surface area contributed by atoms with Crippen LogP contribution in [0.4, 0.5) is 5.69 Å². The van der Waals surface area contributed by atoms with Crippen molar-refractivity contribution in [2.45, 2.75) is 30.4 Å². The zero-order valence-electron chi connectivity index (χ0n) is 11.9. The van der Waals surface area contributed by atoms with Crippen molar-refractivity contribution in [3.63, 3.8) is 0 Å². The Morgan fingerprint density at radius 2 is 2.19 bits per heavy atom. The monoisotopic (exact) mass is 313 g/mol. The normalized spacial score (nSPS) is 22.2. The summed E-state index contributed by atoms with van der Waals surface area (Å²) >= 11 is 0. The lowest BCUT2D eigenvalue weighted by Crippen LogP contribution is -2.35. The fraction of sp³-hybridized carbons (Fsp3) is 0.462. The lowest BCUT2D eigenvalue weighted by Gasteiger charge is -2.14. The first-order chi connectivity index (χ1) is 9.82. The summed E-state index contributed by atoms with van der Waals surface area (Å²) < 4.78 is 28.1. The number of benzene rings is 1. The summed E-state index contributed by atoms with van der Waals surface area (Å²) in [4.78, 5) is 12.2. The van der Waals surface area contributed by atoms with Gasteiger partial charge in [0.15, 0.2) is 0 Å². The van der Waals surface area contributed by atoms with Crippen LogP contribution in [-0.2, 0) is 19.6 Å². The second kappa shape index (κ2) is 6.10. The highest BCUT2D eigenvalue weighted by atomic mass is 32.2. The van der Waals surface area contributed by atoms with Crippen LogP contribution in [0, 0.1) is 6.92 Å². The van der Waals surface area contributed by atoms with Crippen LogP contribution in [0.25, 0.3) is 0 Å². The molecule has 1 amide bonds. The van der Waals surface area contributed by atoms with Gasteiger partial charge >= 0.3 is 0 Å². The van der Waals surface area contributed by atoms with E-state index in [1.165, 1.54) is 6.07 Å². The van der Waals surface area contributed by atoms with Crippen molar-refractivity contribution in [2.75, 3.05) is 19.0 Å². The van der Waals surface area contributed by atoms with Crippen LogP contribution in [0.1, 0.15) is 12.0 Å². The SMILES string of the molecule is COC1CNC(C(=O)Nc2cccc(S(N)(=O)=O)c2C)C1. The van der Waals surface area contributed by atoms with Crippen LogP contribution in [0.2, 0.25) is 0 Å². The molecule has 1 aromatic carbocycles. The Kier molecular flexibility index (Phi) is 4.62. The zero-order chi connectivity index (χ0) is 15.6. The molecule has 2 rings (SSSR count). The number of hydrogen-bond acceptors (Lipinski definition) is 5. The predicted molar refractivity (Wildman–Crippen MR) is 78.4 cm³/mol. The third-order valence-electron chi connectivity index (χ3n) is 3.59. The minimum atomic E-state index is -3.81. The van der Waals surface area contributed by atoms with Gasteiger partial charge < -0.3 is 15.4 Å². The molecule has 116 valence electrons. The average Bonchev–Trinajstić information content (AvgIpc) is 2.88. The maximum Gasteiger partial charge on any atom is 0.241 e. The molecule has 8 heteroatoms. The summed E-state index contributed by atoms with van der Waals surface area (Å²) in [5, 5.41) is 10.9. The fourth-order valence-corrected chi connectivity index (χ4v) is 3.17. The van der Waals surface area contributed by atoms with Gasteiger partial charge in [0.05, 0.1) is 17.0 Å². The van der Waals surface area contributed by atoms with Gasteiger partial charge in [-0.2, -0.15) is 0 Å². The van der Waals surface area contributed by atoms with Crippen molar-refractivity contribution < 1.29 is 17.9 Å². The number of sulfonamides is 1. The van der Waals surface area contributed by atoms with Gasteiger partial charge in [0, 0.05) is 19.3 Å². The summed E-state index contributed by atoms with van der Waals surface area (Å²) in [5.41, 5.74) is 0.865. The van der Waals surface area contributed by atoms with Crippen molar-refractivity contribution in [1.29, 1.82) is 0 Å². The van der Waals surface area contributed by atoms with E-state index in [-0.39, 0.29) is 22.9 Å². The van der Waals surface area contributed by atoms with Crippen molar-refractivity contribution in [1.82, 2.24) is 5.32 Å². The summed E-state index contributed by atoms with van der Waals surface area (Å²) in [6.45, 7) is 2.22. The Bertz CT molecular complexity index is 645. The Balaban J connectivity index is 2.15. The molecule has 1 aliphatic heterocycles. The Labute approximate surface area is 123 Å². The third kappa shape index (κ3) is 3.59. The Hall–Kier alpha value is -1.48. The van der Waals surface area contributed by atoms with Gasteiger partial charge in [0.25, 0.3) is 0 Å². The predicted octanol–water partition coefficient (Wildman–Crippen LogP) is -0.0422. The molecule has 7 nitrogen and oxygen atoms in total. The molecule has 0 radical (unpaired) electrons. The van der Waals surface area contributed by atoms with Gasteiger partial charge in [0.1, 0.15) is 0 Å². The zero-order valence-corrected chi connectivity index (χ0v) is 12.7. The van der Waals surface area contributed by atoms with Gasteiger partial charge in [-0.3, -0.25) is 4.79 Å². The summed E-state index contributed by atoms with van der Waals surface area (Å²) in [6, 6.07) is 4.25. The number of nitrogens with two attached hydrogens (primary N) is 1. The van der Waals surface area contributed by atoms with E-state index >= 15 is 0 Å². The molecule has 1 fully saturated rings. The number of hydrogen-bond donors (Lipinski definition) is 3. The van der Waals surface area contributed by atoms with Crippen molar-refractivity contribution in [3.05, 3.63) is 23.8 Å². The summed E-state index contributed by atoms with van der Waals surface area (Å²) in [7, 11) is -2.21. The van der Waals surface area contributed by atoms with Gasteiger partial charge in [-0.25, -0.2) is 13.6 Å². The van der Waals surface area contributed by atoms with E-state index in [1.807, 2.05) is 0 Å². The molecule has 1 heterocycles. The van der Waals surface area contributed by atoms with E-state index in [1.54, 1.807) is 26.2 Å². The first kappa shape index (κ1) is 15.9. The lowest BCUT2D eigenvalue weighted by atomic mass is 10.1. The second-order valence-electron chi connectivity index (χ2n) is 5.02. The van der Waals surface area contributed by atoms with E-state index in [9.17, 15) is 13.2 Å². The number of nitrogens with one attached hydrogen (secondary N) is 2. The van der Waals surface area contributed by atoms with Gasteiger partial charge in [-0.15, -0.1) is 0 Å². The number of methoxy groups -OCH3 is 1. The molecule has 21 heavy (non-hydrogen) atoms. The second-order valence-corrected chi connectivity index (χ2v) is 6.55. The van der Waals surface area contributed by atoms with Crippen LogP contribution in [0.5, 0.6) is 0 Å². The number of primary sulfonamides is 1. The minimum Gasteiger partial charge on any atom is -0.380 e. The van der Waals surface area contributed by atoms with Crippen LogP contribution >= 0.6 is 0 Å². The maximum atomic E-state index is 12.2. The highest BCUT2D eigenvalue weighted by molar-refractivity contribution is 7.89. The van der Waals surface area contributed by atoms with Crippen LogP contribution in [0.3, 0.4) is 0 Å². The molecule has 0 saturated carbocycles. The van der Waals surface area contributed by atoms with E-state index in [4.69, 9.17) is 9.88 Å². The van der Waals surface area contributed by atoms with E-state index in [0.29, 0.717) is 24.2 Å². The molecule has 1 saturated heterocycles. The molecular weight excluding hydrogens is 294 g/mol. The number of rotatable bonds is 4. The topological polar surface area (TPSA) is 111 Å². The van der Waals surface area contributed by atoms with Crippen LogP contribution in [-0.4, -0.2) is 40.1 Å². The molecule has 0 bridgehead atoms. The Morgan fingerprint density at radius 3 is 2.76 bits per heavy atom. The molecule has 1 aromatic rings. The van der Waals surface area contributed by atoms with Crippen molar-refractivity contribution in [2.24, 2.45) is 5.14 Å². The molecule has 4 N–H and O–H groups in total. The molecule has 0 aromatic heterocycles. The highest BCUT2D eigenvalue weighted by Crippen LogP contribution is 2.22. The average molecular weight is 313 g/mol. The van der Waals surface area contributed by atoms with E-state index < -0.39 is 10.0 Å². The molecule has 1 aliphatic rings. The number of carbonyl (C=O) groups is 1. The quantitative estimate of drug-likeness (QED) is 0.722. The number of amides is 1. The van der Waals surface area contributed by atoms with Gasteiger partial charge in [0.2, 0.25) is 15.9 Å². The third-order valence-corrected chi connectivity index (χ3v) is 4.64. The largest absolute Gasteiger partial charge is 0.380 e. The fourth-order valence-electron chi connectivity index (χ4n) is 2.36. The minimum absolute atomic E-state index is 0.00875.